The fraction of sp³-hybridized carbons (Fsp3) is 0.455. The van der Waals surface area contributed by atoms with Crippen molar-refractivity contribution in [3.63, 3.8) is 0 Å². The van der Waals surface area contributed by atoms with Gasteiger partial charge in [-0.05, 0) is 62.4 Å². The van der Waals surface area contributed by atoms with E-state index >= 15 is 0 Å². The molecule has 1 aromatic carbocycles. The Morgan fingerprint density at radius 2 is 1.90 bits per heavy atom. The molecule has 1 aromatic heterocycles. The van der Waals surface area contributed by atoms with Crippen molar-refractivity contribution in [3.05, 3.63) is 40.9 Å². The van der Waals surface area contributed by atoms with Gasteiger partial charge in [0.1, 0.15) is 5.03 Å². The number of rotatable bonds is 7. The molecule has 9 heteroatoms. The van der Waals surface area contributed by atoms with Crippen molar-refractivity contribution < 1.29 is 9.59 Å². The number of hydrogen-bond acceptors (Lipinski definition) is 6. The maximum atomic E-state index is 12.2. The Kier molecular flexibility index (Phi) is 6.97. The molecule has 0 atom stereocenters. The van der Waals surface area contributed by atoms with Crippen LogP contribution in [0.2, 0.25) is 5.02 Å². The van der Waals surface area contributed by atoms with E-state index in [9.17, 15) is 9.59 Å². The van der Waals surface area contributed by atoms with E-state index in [0.29, 0.717) is 21.8 Å². The van der Waals surface area contributed by atoms with Crippen LogP contribution in [0, 0.1) is 12.8 Å². The van der Waals surface area contributed by atoms with Crippen LogP contribution in [0.25, 0.3) is 0 Å². The number of halogens is 1. The summed E-state index contributed by atoms with van der Waals surface area (Å²) >= 11 is 7.49. The van der Waals surface area contributed by atoms with Crippen molar-refractivity contribution in [2.75, 3.05) is 29.1 Å². The third kappa shape index (κ3) is 6.11. The molecule has 2 heterocycles. The molecule has 0 spiro atoms. The van der Waals surface area contributed by atoms with Gasteiger partial charge in [-0.3, -0.25) is 9.59 Å². The summed E-state index contributed by atoms with van der Waals surface area (Å²) < 4.78 is 0. The van der Waals surface area contributed by atoms with Crippen LogP contribution >= 0.6 is 23.4 Å². The fourth-order valence-corrected chi connectivity index (χ4v) is 4.42. The molecule has 2 N–H and O–H groups in total. The number of nitrogens with one attached hydrogen (secondary N) is 2. The third-order valence-corrected chi connectivity index (χ3v) is 6.72. The standard InChI is InChI=1S/C22H26ClN5O2S/c1-14-2-5-18(17(23)12-14)25-20(29)13-31-21-7-6-19(26-27-21)28-10-8-15(9-11-28)22(30)24-16-3-4-16/h2,5-7,12,15-16H,3-4,8-11,13H2,1H3,(H,24,30)(H,25,29). The molecule has 1 saturated carbocycles. The van der Waals surface area contributed by atoms with Gasteiger partial charge in [0.05, 0.1) is 16.5 Å². The summed E-state index contributed by atoms with van der Waals surface area (Å²) in [4.78, 5) is 26.6. The summed E-state index contributed by atoms with van der Waals surface area (Å²) in [5.74, 6) is 1.18. The van der Waals surface area contributed by atoms with E-state index < -0.39 is 0 Å². The van der Waals surface area contributed by atoms with Gasteiger partial charge in [-0.2, -0.15) is 0 Å². The van der Waals surface area contributed by atoms with Gasteiger partial charge in [-0.1, -0.05) is 29.4 Å². The lowest BCUT2D eigenvalue weighted by molar-refractivity contribution is -0.125. The number of aryl methyl sites for hydroxylation is 1. The van der Waals surface area contributed by atoms with Gasteiger partial charge in [0, 0.05) is 25.0 Å². The predicted octanol–water partition coefficient (Wildman–Crippen LogP) is 3.66. The first kappa shape index (κ1) is 21.9. The average molecular weight is 460 g/mol. The molecule has 31 heavy (non-hydrogen) atoms. The first-order valence-corrected chi connectivity index (χ1v) is 11.9. The van der Waals surface area contributed by atoms with Gasteiger partial charge in [0.2, 0.25) is 11.8 Å². The lowest BCUT2D eigenvalue weighted by atomic mass is 9.96. The van der Waals surface area contributed by atoms with E-state index in [2.05, 4.69) is 25.7 Å². The zero-order chi connectivity index (χ0) is 21.8. The minimum Gasteiger partial charge on any atom is -0.355 e. The summed E-state index contributed by atoms with van der Waals surface area (Å²) in [7, 11) is 0. The van der Waals surface area contributed by atoms with E-state index in [4.69, 9.17) is 11.6 Å². The maximum absolute atomic E-state index is 12.2. The van der Waals surface area contributed by atoms with Gasteiger partial charge in [0.15, 0.2) is 5.82 Å². The number of carbonyl (C=O) groups excluding carboxylic acids is 2. The molecule has 0 radical (unpaired) electrons. The third-order valence-electron chi connectivity index (χ3n) is 5.49. The summed E-state index contributed by atoms with van der Waals surface area (Å²) in [6, 6.07) is 9.74. The van der Waals surface area contributed by atoms with Gasteiger partial charge < -0.3 is 15.5 Å². The quantitative estimate of drug-likeness (QED) is 0.614. The van der Waals surface area contributed by atoms with Crippen LogP contribution in [0.3, 0.4) is 0 Å². The second-order valence-electron chi connectivity index (χ2n) is 8.09. The highest BCUT2D eigenvalue weighted by atomic mass is 35.5. The normalized spacial score (nSPS) is 16.8. The molecule has 0 bridgehead atoms. The van der Waals surface area contributed by atoms with E-state index in [-0.39, 0.29) is 23.5 Å². The lowest BCUT2D eigenvalue weighted by Gasteiger charge is -2.31. The van der Waals surface area contributed by atoms with Crippen molar-refractivity contribution in [1.29, 1.82) is 0 Å². The molecule has 1 saturated heterocycles. The number of anilines is 2. The molecular formula is C22H26ClN5O2S. The summed E-state index contributed by atoms with van der Waals surface area (Å²) in [5, 5.41) is 15.7. The summed E-state index contributed by atoms with van der Waals surface area (Å²) in [6.07, 6.45) is 3.90. The van der Waals surface area contributed by atoms with E-state index in [0.717, 1.165) is 50.2 Å². The number of piperidine rings is 1. The Bertz CT molecular complexity index is 943. The fourth-order valence-electron chi connectivity index (χ4n) is 3.52. The molecule has 1 aliphatic heterocycles. The summed E-state index contributed by atoms with van der Waals surface area (Å²) in [6.45, 7) is 3.54. The van der Waals surface area contributed by atoms with Crippen LogP contribution in [0.4, 0.5) is 11.5 Å². The highest BCUT2D eigenvalue weighted by molar-refractivity contribution is 7.99. The number of carbonyl (C=O) groups is 2. The van der Waals surface area contributed by atoms with E-state index in [1.54, 1.807) is 6.07 Å². The summed E-state index contributed by atoms with van der Waals surface area (Å²) in [5.41, 5.74) is 1.65. The molecule has 4 rings (SSSR count). The van der Waals surface area contributed by atoms with Crippen molar-refractivity contribution in [2.45, 2.75) is 43.7 Å². The Morgan fingerprint density at radius 3 is 2.55 bits per heavy atom. The molecule has 1 aliphatic carbocycles. The average Bonchev–Trinajstić information content (AvgIpc) is 3.59. The zero-order valence-corrected chi connectivity index (χ0v) is 19.0. The van der Waals surface area contributed by atoms with Crippen LogP contribution in [-0.4, -0.2) is 46.9 Å². The SMILES string of the molecule is Cc1ccc(NC(=O)CSc2ccc(N3CCC(C(=O)NC4CC4)CC3)nn2)c(Cl)c1. The van der Waals surface area contributed by atoms with Gasteiger partial charge in [-0.25, -0.2) is 0 Å². The Morgan fingerprint density at radius 1 is 1.13 bits per heavy atom. The van der Waals surface area contributed by atoms with Gasteiger partial charge >= 0.3 is 0 Å². The Balaban J connectivity index is 1.23. The molecule has 2 amide bonds. The van der Waals surface area contributed by atoms with Crippen molar-refractivity contribution >= 4 is 46.7 Å². The van der Waals surface area contributed by atoms with Crippen molar-refractivity contribution in [1.82, 2.24) is 15.5 Å². The number of amides is 2. The van der Waals surface area contributed by atoms with Crippen LogP contribution in [0.15, 0.2) is 35.4 Å². The van der Waals surface area contributed by atoms with Crippen LogP contribution in [0.1, 0.15) is 31.2 Å². The smallest absolute Gasteiger partial charge is 0.234 e. The second-order valence-corrected chi connectivity index (χ2v) is 9.50. The molecule has 164 valence electrons. The molecule has 2 aromatic rings. The highest BCUT2D eigenvalue weighted by Crippen LogP contribution is 2.26. The van der Waals surface area contributed by atoms with Crippen LogP contribution in [-0.2, 0) is 9.59 Å². The monoisotopic (exact) mass is 459 g/mol. The van der Waals surface area contributed by atoms with Crippen molar-refractivity contribution in [3.8, 4) is 0 Å². The molecule has 7 nitrogen and oxygen atoms in total. The number of aromatic nitrogens is 2. The van der Waals surface area contributed by atoms with Gasteiger partial charge in [0.25, 0.3) is 0 Å². The zero-order valence-electron chi connectivity index (χ0n) is 17.4. The largest absolute Gasteiger partial charge is 0.355 e. The Labute approximate surface area is 191 Å². The van der Waals surface area contributed by atoms with E-state index in [1.807, 2.05) is 31.2 Å². The number of thioether (sulfide) groups is 1. The van der Waals surface area contributed by atoms with Crippen molar-refractivity contribution in [2.24, 2.45) is 5.92 Å². The number of nitrogens with zero attached hydrogens (tertiary/aromatic N) is 3. The highest BCUT2D eigenvalue weighted by Gasteiger charge is 2.30. The Hall–Kier alpha value is -2.32. The number of hydrogen-bond donors (Lipinski definition) is 2. The van der Waals surface area contributed by atoms with Crippen LogP contribution in [0.5, 0.6) is 0 Å². The number of benzene rings is 1. The van der Waals surface area contributed by atoms with E-state index in [1.165, 1.54) is 11.8 Å². The van der Waals surface area contributed by atoms with Crippen LogP contribution < -0.4 is 15.5 Å². The lowest BCUT2D eigenvalue weighted by Crippen LogP contribution is -2.41. The minimum atomic E-state index is -0.145. The molecule has 2 aliphatic rings. The maximum Gasteiger partial charge on any atom is 0.234 e. The minimum absolute atomic E-state index is 0.0974. The first-order chi connectivity index (χ1) is 15.0. The molecule has 0 unspecified atom stereocenters. The molecular weight excluding hydrogens is 434 g/mol. The van der Waals surface area contributed by atoms with Gasteiger partial charge in [-0.15, -0.1) is 10.2 Å². The predicted molar refractivity (Wildman–Crippen MR) is 124 cm³/mol. The topological polar surface area (TPSA) is 87.2 Å². The molecule has 2 fully saturated rings. The second kappa shape index (κ2) is 9.87. The first-order valence-electron chi connectivity index (χ1n) is 10.6.